The van der Waals surface area contributed by atoms with E-state index >= 15 is 0 Å². The Kier molecular flexibility index (Phi) is 3.38. The first-order valence-electron chi connectivity index (χ1n) is 5.93. The maximum Gasteiger partial charge on any atom is 0.302 e. The molecule has 2 rings (SSSR count). The van der Waals surface area contributed by atoms with Gasteiger partial charge in [-0.2, -0.15) is 0 Å². The van der Waals surface area contributed by atoms with Crippen LogP contribution in [0.3, 0.4) is 0 Å². The van der Waals surface area contributed by atoms with Crippen LogP contribution in [0.4, 0.5) is 0 Å². The molecule has 1 aliphatic carbocycles. The van der Waals surface area contributed by atoms with Gasteiger partial charge in [-0.25, -0.2) is 0 Å². The fourth-order valence-corrected chi connectivity index (χ4v) is 2.40. The molecule has 1 aliphatic heterocycles. The molecule has 1 saturated heterocycles. The SMILES string of the molecule is CC(=O)OCC1(COC(C)=O)CC[C@@H]2O[C@H]2C1. The summed E-state index contributed by atoms with van der Waals surface area (Å²) >= 11 is 0. The van der Waals surface area contributed by atoms with E-state index in [4.69, 9.17) is 14.2 Å². The summed E-state index contributed by atoms with van der Waals surface area (Å²) in [5, 5.41) is 0. The lowest BCUT2D eigenvalue weighted by molar-refractivity contribution is -0.152. The van der Waals surface area contributed by atoms with Gasteiger partial charge in [-0.05, 0) is 19.3 Å². The molecule has 1 saturated carbocycles. The molecule has 0 amide bonds. The molecular formula is C12H18O5. The van der Waals surface area contributed by atoms with Crippen molar-refractivity contribution in [1.29, 1.82) is 0 Å². The van der Waals surface area contributed by atoms with Gasteiger partial charge in [0.05, 0.1) is 12.2 Å². The monoisotopic (exact) mass is 242 g/mol. The molecule has 2 fully saturated rings. The van der Waals surface area contributed by atoms with Gasteiger partial charge in [-0.1, -0.05) is 0 Å². The van der Waals surface area contributed by atoms with Crippen LogP contribution in [0, 0.1) is 5.41 Å². The quantitative estimate of drug-likeness (QED) is 0.544. The van der Waals surface area contributed by atoms with Gasteiger partial charge < -0.3 is 14.2 Å². The Morgan fingerprint density at radius 2 is 1.76 bits per heavy atom. The summed E-state index contributed by atoms with van der Waals surface area (Å²) in [6.07, 6.45) is 3.26. The number of esters is 2. The lowest BCUT2D eigenvalue weighted by Gasteiger charge is -2.34. The molecule has 0 spiro atoms. The van der Waals surface area contributed by atoms with Gasteiger partial charge in [0.2, 0.25) is 0 Å². The first-order chi connectivity index (χ1) is 8.01. The topological polar surface area (TPSA) is 65.1 Å². The molecule has 2 aliphatic rings. The van der Waals surface area contributed by atoms with Gasteiger partial charge in [0, 0.05) is 19.3 Å². The van der Waals surface area contributed by atoms with Crippen molar-refractivity contribution >= 4 is 11.9 Å². The van der Waals surface area contributed by atoms with Gasteiger partial charge in [0.15, 0.2) is 0 Å². The zero-order chi connectivity index (χ0) is 12.5. The molecule has 0 bridgehead atoms. The first-order valence-corrected chi connectivity index (χ1v) is 5.93. The highest BCUT2D eigenvalue weighted by Gasteiger charge is 2.51. The summed E-state index contributed by atoms with van der Waals surface area (Å²) in [6.45, 7) is 3.39. The molecule has 17 heavy (non-hydrogen) atoms. The average Bonchev–Trinajstić information content (AvgIpc) is 3.02. The minimum Gasteiger partial charge on any atom is -0.465 e. The van der Waals surface area contributed by atoms with E-state index in [1.165, 1.54) is 13.8 Å². The molecule has 0 unspecified atom stereocenters. The highest BCUT2D eigenvalue weighted by atomic mass is 16.6. The molecule has 0 N–H and O–H groups in total. The second-order valence-electron chi connectivity index (χ2n) is 5.02. The van der Waals surface area contributed by atoms with Crippen molar-refractivity contribution in [1.82, 2.24) is 0 Å². The molecule has 5 heteroatoms. The maximum atomic E-state index is 10.9. The Labute approximate surface area is 100 Å². The van der Waals surface area contributed by atoms with E-state index in [1.54, 1.807) is 0 Å². The van der Waals surface area contributed by atoms with Crippen molar-refractivity contribution in [2.24, 2.45) is 5.41 Å². The molecule has 96 valence electrons. The van der Waals surface area contributed by atoms with Crippen LogP contribution >= 0.6 is 0 Å². The van der Waals surface area contributed by atoms with E-state index in [-0.39, 0.29) is 23.5 Å². The maximum absolute atomic E-state index is 10.9. The standard InChI is InChI=1S/C12H18O5/c1-8(13)15-6-12(7-16-9(2)14)4-3-10-11(5-12)17-10/h10-11H,3-7H2,1-2H3/t10-,11-/m0/s1. The van der Waals surface area contributed by atoms with E-state index in [1.807, 2.05) is 0 Å². The van der Waals surface area contributed by atoms with Crippen molar-refractivity contribution in [3.05, 3.63) is 0 Å². The minimum absolute atomic E-state index is 0.255. The zero-order valence-corrected chi connectivity index (χ0v) is 10.2. The Balaban J connectivity index is 1.94. The van der Waals surface area contributed by atoms with Gasteiger partial charge in [0.25, 0.3) is 0 Å². The third-order valence-electron chi connectivity index (χ3n) is 3.44. The van der Waals surface area contributed by atoms with E-state index in [9.17, 15) is 9.59 Å². The fraction of sp³-hybridized carbons (Fsp3) is 0.833. The van der Waals surface area contributed by atoms with Crippen molar-refractivity contribution < 1.29 is 23.8 Å². The number of epoxide rings is 1. The Hall–Kier alpha value is -1.10. The van der Waals surface area contributed by atoms with Crippen LogP contribution in [0.2, 0.25) is 0 Å². The number of rotatable bonds is 4. The summed E-state index contributed by atoms with van der Waals surface area (Å²) in [5.41, 5.74) is -0.255. The summed E-state index contributed by atoms with van der Waals surface area (Å²) in [4.78, 5) is 21.8. The van der Waals surface area contributed by atoms with Crippen molar-refractivity contribution in [3.8, 4) is 0 Å². The summed E-state index contributed by atoms with van der Waals surface area (Å²) in [7, 11) is 0. The minimum atomic E-state index is -0.300. The van der Waals surface area contributed by atoms with Crippen LogP contribution in [0.15, 0.2) is 0 Å². The second kappa shape index (κ2) is 4.64. The van der Waals surface area contributed by atoms with Gasteiger partial charge in [0.1, 0.15) is 13.2 Å². The summed E-state index contributed by atoms with van der Waals surface area (Å²) in [5.74, 6) is -0.600. The largest absolute Gasteiger partial charge is 0.465 e. The van der Waals surface area contributed by atoms with Crippen LogP contribution < -0.4 is 0 Å². The number of carbonyl (C=O) groups is 2. The molecule has 0 aromatic heterocycles. The second-order valence-corrected chi connectivity index (χ2v) is 5.02. The van der Waals surface area contributed by atoms with Gasteiger partial charge in [-0.15, -0.1) is 0 Å². The smallest absolute Gasteiger partial charge is 0.302 e. The number of fused-ring (bicyclic) bond motifs is 1. The number of carbonyl (C=O) groups excluding carboxylic acids is 2. The van der Waals surface area contributed by atoms with Crippen LogP contribution in [0.25, 0.3) is 0 Å². The van der Waals surface area contributed by atoms with Crippen LogP contribution in [-0.4, -0.2) is 37.4 Å². The lowest BCUT2D eigenvalue weighted by Crippen LogP contribution is -2.38. The molecule has 2 atom stereocenters. The Bertz CT molecular complexity index is 307. The van der Waals surface area contributed by atoms with E-state index in [2.05, 4.69) is 0 Å². The normalized spacial score (nSPS) is 29.1. The third-order valence-corrected chi connectivity index (χ3v) is 3.44. The van der Waals surface area contributed by atoms with E-state index in [0.717, 1.165) is 19.3 Å². The van der Waals surface area contributed by atoms with Crippen LogP contribution in [0.1, 0.15) is 33.1 Å². The third kappa shape index (κ3) is 3.19. The first kappa shape index (κ1) is 12.4. The average molecular weight is 242 g/mol. The lowest BCUT2D eigenvalue weighted by atomic mass is 9.75. The van der Waals surface area contributed by atoms with Gasteiger partial charge >= 0.3 is 11.9 Å². The van der Waals surface area contributed by atoms with Crippen molar-refractivity contribution in [3.63, 3.8) is 0 Å². The van der Waals surface area contributed by atoms with Gasteiger partial charge in [-0.3, -0.25) is 9.59 Å². The molecular weight excluding hydrogens is 224 g/mol. The summed E-state index contributed by atoms with van der Waals surface area (Å²) in [6, 6.07) is 0. The van der Waals surface area contributed by atoms with Crippen molar-refractivity contribution in [2.45, 2.75) is 45.3 Å². The Morgan fingerprint density at radius 3 is 2.24 bits per heavy atom. The molecule has 0 aromatic carbocycles. The van der Waals surface area contributed by atoms with E-state index < -0.39 is 0 Å². The summed E-state index contributed by atoms with van der Waals surface area (Å²) < 4.78 is 15.7. The predicted octanol–water partition coefficient (Wildman–Crippen LogP) is 1.05. The van der Waals surface area contributed by atoms with E-state index in [0.29, 0.717) is 19.3 Å². The Morgan fingerprint density at radius 1 is 1.18 bits per heavy atom. The number of hydrogen-bond acceptors (Lipinski definition) is 5. The van der Waals surface area contributed by atoms with Crippen LogP contribution in [0.5, 0.6) is 0 Å². The predicted molar refractivity (Wildman–Crippen MR) is 58.2 cm³/mol. The molecule has 5 nitrogen and oxygen atoms in total. The molecule has 1 heterocycles. The molecule has 0 aromatic rings. The highest BCUT2D eigenvalue weighted by Crippen LogP contribution is 2.46. The highest BCUT2D eigenvalue weighted by molar-refractivity contribution is 5.66. The number of hydrogen-bond donors (Lipinski definition) is 0. The van der Waals surface area contributed by atoms with Crippen LogP contribution in [-0.2, 0) is 23.8 Å². The fourth-order valence-electron chi connectivity index (χ4n) is 2.40. The number of ether oxygens (including phenoxy) is 3. The molecule has 0 radical (unpaired) electrons. The zero-order valence-electron chi connectivity index (χ0n) is 10.2. The van der Waals surface area contributed by atoms with Crippen molar-refractivity contribution in [2.75, 3.05) is 13.2 Å².